The van der Waals surface area contributed by atoms with Gasteiger partial charge in [0.2, 0.25) is 11.2 Å². The Labute approximate surface area is 111 Å². The zero-order chi connectivity index (χ0) is 14.2. The van der Waals surface area contributed by atoms with Crippen LogP contribution in [0.3, 0.4) is 0 Å². The molecule has 1 atom stereocenters. The van der Waals surface area contributed by atoms with E-state index in [4.69, 9.17) is 11.6 Å². The molecule has 0 aliphatic carbocycles. The molecule has 9 heteroatoms. The first-order valence-electron chi connectivity index (χ1n) is 5.40. The zero-order valence-corrected chi connectivity index (χ0v) is 10.6. The number of anilines is 1. The quantitative estimate of drug-likeness (QED) is 0.845. The van der Waals surface area contributed by atoms with Gasteiger partial charge in [0.05, 0.1) is 0 Å². The number of nitrogens with zero attached hydrogens (tertiary/aromatic N) is 3. The highest BCUT2D eigenvalue weighted by Gasteiger charge is 2.34. The van der Waals surface area contributed by atoms with E-state index >= 15 is 0 Å². The van der Waals surface area contributed by atoms with Crippen molar-refractivity contribution in [3.05, 3.63) is 17.0 Å². The fraction of sp³-hybridized carbons (Fsp3) is 0.500. The van der Waals surface area contributed by atoms with Crippen molar-refractivity contribution in [2.45, 2.75) is 18.6 Å². The average molecular weight is 295 g/mol. The summed E-state index contributed by atoms with van der Waals surface area (Å²) in [5, 5.41) is 2.13. The molecule has 1 amide bonds. The van der Waals surface area contributed by atoms with E-state index in [0.29, 0.717) is 13.0 Å². The summed E-state index contributed by atoms with van der Waals surface area (Å²) in [6.07, 6.45) is -4.11. The third-order valence-corrected chi connectivity index (χ3v) is 2.91. The highest BCUT2D eigenvalue weighted by Crippen LogP contribution is 2.30. The van der Waals surface area contributed by atoms with Crippen LogP contribution in [-0.2, 0) is 11.0 Å². The van der Waals surface area contributed by atoms with Crippen molar-refractivity contribution in [2.24, 2.45) is 0 Å². The average Bonchev–Trinajstić information content (AvgIpc) is 2.59. The summed E-state index contributed by atoms with van der Waals surface area (Å²) in [5.41, 5.74) is -1.14. The number of hydrogen-bond donors (Lipinski definition) is 1. The number of hydrogen-bond acceptors (Lipinski definition) is 4. The van der Waals surface area contributed by atoms with Gasteiger partial charge in [-0.25, -0.2) is 9.97 Å². The van der Waals surface area contributed by atoms with Crippen molar-refractivity contribution in [1.29, 1.82) is 0 Å². The molecule has 1 aromatic rings. The van der Waals surface area contributed by atoms with Crippen LogP contribution in [0, 0.1) is 0 Å². The van der Waals surface area contributed by atoms with Crippen molar-refractivity contribution in [3.63, 3.8) is 0 Å². The first-order chi connectivity index (χ1) is 8.77. The molecular weight excluding hydrogens is 285 g/mol. The Morgan fingerprint density at radius 2 is 2.16 bits per heavy atom. The van der Waals surface area contributed by atoms with Gasteiger partial charge in [0.25, 0.3) is 0 Å². The lowest BCUT2D eigenvalue weighted by atomic mass is 10.2. The summed E-state index contributed by atoms with van der Waals surface area (Å²) in [6, 6.07) is 0.148. The first kappa shape index (κ1) is 13.9. The second-order valence-electron chi connectivity index (χ2n) is 4.15. The van der Waals surface area contributed by atoms with Crippen LogP contribution in [0.25, 0.3) is 0 Å². The SMILES string of the molecule is CN1CCC(Nc2cc(C(F)(F)F)nc(Cl)n2)C1=O. The van der Waals surface area contributed by atoms with E-state index in [2.05, 4.69) is 15.3 Å². The van der Waals surface area contributed by atoms with E-state index < -0.39 is 23.2 Å². The minimum Gasteiger partial charge on any atom is -0.358 e. The molecule has 1 aliphatic heterocycles. The monoisotopic (exact) mass is 294 g/mol. The van der Waals surface area contributed by atoms with Crippen molar-refractivity contribution < 1.29 is 18.0 Å². The molecule has 2 rings (SSSR count). The molecule has 1 fully saturated rings. The molecule has 0 radical (unpaired) electrons. The number of amides is 1. The van der Waals surface area contributed by atoms with Crippen LogP contribution >= 0.6 is 11.6 Å². The van der Waals surface area contributed by atoms with Crippen molar-refractivity contribution >= 4 is 23.3 Å². The largest absolute Gasteiger partial charge is 0.433 e. The van der Waals surface area contributed by atoms with Crippen molar-refractivity contribution in [2.75, 3.05) is 18.9 Å². The predicted octanol–water partition coefficient (Wildman–Crippen LogP) is 1.79. The Hall–Kier alpha value is -1.57. The molecule has 0 aromatic carbocycles. The van der Waals surface area contributed by atoms with E-state index in [0.717, 1.165) is 6.07 Å². The van der Waals surface area contributed by atoms with Crippen LogP contribution in [0.2, 0.25) is 5.28 Å². The number of likely N-dealkylation sites (N-methyl/N-ethyl adjacent to an activating group) is 1. The van der Waals surface area contributed by atoms with E-state index in [9.17, 15) is 18.0 Å². The third-order valence-electron chi connectivity index (χ3n) is 2.74. The molecule has 0 spiro atoms. The number of aromatic nitrogens is 2. The van der Waals surface area contributed by atoms with Crippen molar-refractivity contribution in [1.82, 2.24) is 14.9 Å². The van der Waals surface area contributed by atoms with Gasteiger partial charge in [0, 0.05) is 19.7 Å². The Morgan fingerprint density at radius 3 is 2.68 bits per heavy atom. The Morgan fingerprint density at radius 1 is 1.47 bits per heavy atom. The molecule has 0 saturated carbocycles. The van der Waals surface area contributed by atoms with Crippen LogP contribution in [0.15, 0.2) is 6.07 Å². The molecule has 1 N–H and O–H groups in total. The Balaban J connectivity index is 2.22. The van der Waals surface area contributed by atoms with Gasteiger partial charge in [0.15, 0.2) is 5.69 Å². The lowest BCUT2D eigenvalue weighted by molar-refractivity contribution is -0.141. The summed E-state index contributed by atoms with van der Waals surface area (Å²) in [5.74, 6) is -0.302. The number of nitrogens with one attached hydrogen (secondary N) is 1. The zero-order valence-electron chi connectivity index (χ0n) is 9.83. The second-order valence-corrected chi connectivity index (χ2v) is 4.49. The number of rotatable bonds is 2. The van der Waals surface area contributed by atoms with E-state index in [1.807, 2.05) is 0 Å². The van der Waals surface area contributed by atoms with E-state index in [1.165, 1.54) is 4.90 Å². The highest BCUT2D eigenvalue weighted by atomic mass is 35.5. The summed E-state index contributed by atoms with van der Waals surface area (Å²) in [7, 11) is 1.62. The molecule has 104 valence electrons. The fourth-order valence-corrected chi connectivity index (χ4v) is 1.95. The molecule has 1 unspecified atom stereocenters. The Kier molecular flexibility index (Phi) is 3.53. The summed E-state index contributed by atoms with van der Waals surface area (Å²) in [6.45, 7) is 0.543. The molecule has 1 saturated heterocycles. The van der Waals surface area contributed by atoms with E-state index in [-0.39, 0.29) is 11.7 Å². The second kappa shape index (κ2) is 4.84. The van der Waals surface area contributed by atoms with Gasteiger partial charge < -0.3 is 10.2 Å². The molecule has 1 aromatic heterocycles. The summed E-state index contributed by atoms with van der Waals surface area (Å²) >= 11 is 5.45. The standard InChI is InChI=1S/C10H10ClF3N4O/c1-18-3-2-5(8(18)19)15-7-4-6(10(12,13)14)16-9(11)17-7/h4-5H,2-3H2,1H3,(H,15,16,17). The lowest BCUT2D eigenvalue weighted by Gasteiger charge is -2.14. The van der Waals surface area contributed by atoms with Gasteiger partial charge in [-0.05, 0) is 18.0 Å². The molecular formula is C10H10ClF3N4O. The smallest absolute Gasteiger partial charge is 0.358 e. The normalized spacial score (nSPS) is 19.9. The molecule has 1 aliphatic rings. The number of carbonyl (C=O) groups is 1. The minimum absolute atomic E-state index is 0.110. The van der Waals surface area contributed by atoms with E-state index in [1.54, 1.807) is 7.05 Å². The summed E-state index contributed by atoms with van der Waals surface area (Å²) < 4.78 is 37.6. The van der Waals surface area contributed by atoms with Crippen LogP contribution in [0.4, 0.5) is 19.0 Å². The van der Waals surface area contributed by atoms with Gasteiger partial charge in [-0.3, -0.25) is 4.79 Å². The van der Waals surface area contributed by atoms with Gasteiger partial charge in [-0.15, -0.1) is 0 Å². The molecule has 2 heterocycles. The number of alkyl halides is 3. The minimum atomic E-state index is -4.61. The van der Waals surface area contributed by atoms with Gasteiger partial charge in [0.1, 0.15) is 11.9 Å². The van der Waals surface area contributed by atoms with Crippen LogP contribution in [0.5, 0.6) is 0 Å². The predicted molar refractivity (Wildman–Crippen MR) is 61.7 cm³/mol. The van der Waals surface area contributed by atoms with Gasteiger partial charge >= 0.3 is 6.18 Å². The fourth-order valence-electron chi connectivity index (χ4n) is 1.77. The van der Waals surface area contributed by atoms with Crippen LogP contribution < -0.4 is 5.32 Å². The molecule has 19 heavy (non-hydrogen) atoms. The first-order valence-corrected chi connectivity index (χ1v) is 5.78. The number of likely N-dealkylation sites (tertiary alicyclic amines) is 1. The number of halogens is 4. The van der Waals surface area contributed by atoms with Crippen LogP contribution in [0.1, 0.15) is 12.1 Å². The summed E-state index contributed by atoms with van der Waals surface area (Å²) in [4.78, 5) is 19.9. The van der Waals surface area contributed by atoms with Gasteiger partial charge in [-0.2, -0.15) is 13.2 Å². The number of carbonyl (C=O) groups excluding carboxylic acids is 1. The molecule has 0 bridgehead atoms. The topological polar surface area (TPSA) is 58.1 Å². The third kappa shape index (κ3) is 3.06. The van der Waals surface area contributed by atoms with Crippen molar-refractivity contribution in [3.8, 4) is 0 Å². The maximum Gasteiger partial charge on any atom is 0.433 e. The highest BCUT2D eigenvalue weighted by molar-refractivity contribution is 6.28. The van der Waals surface area contributed by atoms with Gasteiger partial charge in [-0.1, -0.05) is 0 Å². The Bertz CT molecular complexity index is 508. The maximum absolute atomic E-state index is 12.5. The maximum atomic E-state index is 12.5. The molecule has 5 nitrogen and oxygen atoms in total. The van der Waals surface area contributed by atoms with Crippen LogP contribution in [-0.4, -0.2) is 40.4 Å². The lowest BCUT2D eigenvalue weighted by Crippen LogP contribution is -2.31.